The van der Waals surface area contributed by atoms with Crippen molar-refractivity contribution >= 4 is 39.2 Å². The average molecular weight is 443 g/mol. The van der Waals surface area contributed by atoms with Gasteiger partial charge in [-0.15, -0.1) is 11.3 Å². The monoisotopic (exact) mass is 442 g/mol. The molecule has 0 saturated heterocycles. The first-order valence-electron chi connectivity index (χ1n) is 11.2. The third-order valence-electron chi connectivity index (χ3n) is 6.21. The highest BCUT2D eigenvalue weighted by Gasteiger charge is 2.25. The molecular weight excluding hydrogens is 416 g/mol. The molecule has 2 aromatic carbocycles. The molecule has 1 heterocycles. The van der Waals surface area contributed by atoms with Crippen LogP contribution in [0.25, 0.3) is 10.8 Å². The molecule has 3 aromatic rings. The lowest BCUT2D eigenvalue weighted by Gasteiger charge is -2.14. The first-order chi connectivity index (χ1) is 15.7. The Hall–Kier alpha value is -3.18. The fourth-order valence-corrected chi connectivity index (χ4v) is 5.73. The van der Waals surface area contributed by atoms with Crippen molar-refractivity contribution in [1.82, 2.24) is 5.32 Å². The van der Waals surface area contributed by atoms with E-state index in [9.17, 15) is 9.90 Å². The predicted octanol–water partition coefficient (Wildman–Crippen LogP) is 6.24. The Labute approximate surface area is 192 Å². The van der Waals surface area contributed by atoms with Gasteiger partial charge in [-0.2, -0.15) is 0 Å². The molecule has 0 aliphatic heterocycles. The standard InChI is InChI=1S/C27H26N2O2S/c30-23-15-14-19-10-4-5-11-20(19)22(23)17-29-27-25(21-12-6-7-13-24(21)32-27)26(31)28-16-18-8-2-1-3-9-18/h1-2,4-5,8,10-11,14-15,17,30H,3,6-7,9,12-13,16H2,(H,28,31)/b29-17+. The van der Waals surface area contributed by atoms with Crippen LogP contribution in [0.1, 0.15) is 52.0 Å². The van der Waals surface area contributed by atoms with Crippen LogP contribution in [0.5, 0.6) is 5.75 Å². The summed E-state index contributed by atoms with van der Waals surface area (Å²) in [6.45, 7) is 0.570. The lowest BCUT2D eigenvalue weighted by Crippen LogP contribution is -2.26. The van der Waals surface area contributed by atoms with E-state index in [2.05, 4.69) is 23.5 Å². The number of phenols is 1. The number of aromatic hydroxyl groups is 1. The van der Waals surface area contributed by atoms with Gasteiger partial charge in [0.2, 0.25) is 0 Å². The lowest BCUT2D eigenvalue weighted by atomic mass is 9.95. The topological polar surface area (TPSA) is 61.7 Å². The van der Waals surface area contributed by atoms with Gasteiger partial charge in [-0.25, -0.2) is 4.99 Å². The van der Waals surface area contributed by atoms with Crippen molar-refractivity contribution in [1.29, 1.82) is 0 Å². The number of carbonyl (C=O) groups is 1. The third-order valence-corrected chi connectivity index (χ3v) is 7.41. The summed E-state index contributed by atoms with van der Waals surface area (Å²) >= 11 is 1.62. The van der Waals surface area contributed by atoms with Crippen molar-refractivity contribution in [2.24, 2.45) is 4.99 Å². The van der Waals surface area contributed by atoms with Crippen molar-refractivity contribution in [3.8, 4) is 5.75 Å². The number of allylic oxidation sites excluding steroid dienone is 3. The SMILES string of the molecule is O=C(NCC1=CC=CCC1)c1c(/N=C/c2c(O)ccc3ccccc23)sc2c1CCCC2. The number of phenolic OH excluding ortho intramolecular Hbond substituents is 1. The summed E-state index contributed by atoms with van der Waals surface area (Å²) in [5.41, 5.74) is 3.80. The zero-order chi connectivity index (χ0) is 21.9. The van der Waals surface area contributed by atoms with Crippen LogP contribution in [0.2, 0.25) is 0 Å². The Morgan fingerprint density at radius 2 is 2.00 bits per heavy atom. The molecule has 0 unspecified atom stereocenters. The zero-order valence-corrected chi connectivity index (χ0v) is 18.8. The Balaban J connectivity index is 1.49. The maximum atomic E-state index is 13.3. The molecule has 0 radical (unpaired) electrons. The molecule has 2 aliphatic carbocycles. The number of fused-ring (bicyclic) bond motifs is 2. The maximum Gasteiger partial charge on any atom is 0.254 e. The molecule has 5 heteroatoms. The Kier molecular flexibility index (Phi) is 5.91. The van der Waals surface area contributed by atoms with Gasteiger partial charge in [0.1, 0.15) is 10.8 Å². The van der Waals surface area contributed by atoms with Crippen molar-refractivity contribution in [2.45, 2.75) is 38.5 Å². The second kappa shape index (κ2) is 9.13. The van der Waals surface area contributed by atoms with Crippen LogP contribution in [-0.2, 0) is 12.8 Å². The Bertz CT molecular complexity index is 1270. The number of nitrogens with zero attached hydrogens (tertiary/aromatic N) is 1. The van der Waals surface area contributed by atoms with E-state index in [1.54, 1.807) is 23.6 Å². The highest BCUT2D eigenvalue weighted by molar-refractivity contribution is 7.16. The van der Waals surface area contributed by atoms with Gasteiger partial charge < -0.3 is 10.4 Å². The summed E-state index contributed by atoms with van der Waals surface area (Å²) in [4.78, 5) is 19.3. The van der Waals surface area contributed by atoms with E-state index in [-0.39, 0.29) is 11.7 Å². The minimum Gasteiger partial charge on any atom is -0.507 e. The molecule has 4 nitrogen and oxygen atoms in total. The summed E-state index contributed by atoms with van der Waals surface area (Å²) in [6, 6.07) is 11.5. The van der Waals surface area contributed by atoms with Crippen LogP contribution in [0.4, 0.5) is 5.00 Å². The van der Waals surface area contributed by atoms with Crippen LogP contribution in [0.3, 0.4) is 0 Å². The molecule has 32 heavy (non-hydrogen) atoms. The first kappa shape index (κ1) is 20.7. The maximum absolute atomic E-state index is 13.3. The molecule has 0 saturated carbocycles. The molecule has 0 spiro atoms. The van der Waals surface area contributed by atoms with E-state index in [0.717, 1.165) is 59.9 Å². The molecular formula is C27H26N2O2S. The summed E-state index contributed by atoms with van der Waals surface area (Å²) in [7, 11) is 0. The average Bonchev–Trinajstić information content (AvgIpc) is 3.21. The van der Waals surface area contributed by atoms with Crippen LogP contribution < -0.4 is 5.32 Å². The van der Waals surface area contributed by atoms with Gasteiger partial charge in [-0.3, -0.25) is 4.79 Å². The number of amides is 1. The van der Waals surface area contributed by atoms with Crippen molar-refractivity contribution in [2.75, 3.05) is 6.54 Å². The van der Waals surface area contributed by atoms with Gasteiger partial charge in [0.15, 0.2) is 0 Å². The molecule has 2 aliphatic rings. The molecule has 1 amide bonds. The van der Waals surface area contributed by atoms with E-state index in [1.807, 2.05) is 30.3 Å². The van der Waals surface area contributed by atoms with Crippen LogP contribution in [-0.4, -0.2) is 23.8 Å². The van der Waals surface area contributed by atoms with Gasteiger partial charge in [-0.1, -0.05) is 54.1 Å². The quantitative estimate of drug-likeness (QED) is 0.459. The second-order valence-corrected chi connectivity index (χ2v) is 9.43. The number of hydrogen-bond donors (Lipinski definition) is 2. The van der Waals surface area contributed by atoms with Crippen molar-refractivity contribution in [3.05, 3.63) is 81.8 Å². The van der Waals surface area contributed by atoms with E-state index < -0.39 is 0 Å². The minimum atomic E-state index is -0.0471. The smallest absolute Gasteiger partial charge is 0.254 e. The van der Waals surface area contributed by atoms with Crippen LogP contribution in [0.15, 0.2) is 65.2 Å². The predicted molar refractivity (Wildman–Crippen MR) is 133 cm³/mol. The Morgan fingerprint density at radius 3 is 2.88 bits per heavy atom. The molecule has 1 aromatic heterocycles. The van der Waals surface area contributed by atoms with E-state index >= 15 is 0 Å². The summed E-state index contributed by atoms with van der Waals surface area (Å²) in [6.07, 6.45) is 14.2. The third kappa shape index (κ3) is 4.13. The van der Waals surface area contributed by atoms with Crippen molar-refractivity contribution < 1.29 is 9.90 Å². The highest BCUT2D eigenvalue weighted by Crippen LogP contribution is 2.40. The molecule has 5 rings (SSSR count). The minimum absolute atomic E-state index is 0.0471. The number of benzene rings is 2. The molecule has 162 valence electrons. The molecule has 2 N–H and O–H groups in total. The number of hydrogen-bond acceptors (Lipinski definition) is 4. The molecule has 0 atom stereocenters. The Morgan fingerprint density at radius 1 is 1.12 bits per heavy atom. The van der Waals surface area contributed by atoms with Gasteiger partial charge in [-0.05, 0) is 60.9 Å². The number of thiophene rings is 1. The molecule has 0 bridgehead atoms. The van der Waals surface area contributed by atoms with Gasteiger partial charge in [0.25, 0.3) is 5.91 Å². The van der Waals surface area contributed by atoms with Gasteiger partial charge >= 0.3 is 0 Å². The highest BCUT2D eigenvalue weighted by atomic mass is 32.1. The van der Waals surface area contributed by atoms with Gasteiger partial charge in [0.05, 0.1) is 5.56 Å². The summed E-state index contributed by atoms with van der Waals surface area (Å²) in [5, 5.41) is 16.3. The summed E-state index contributed by atoms with van der Waals surface area (Å²) in [5.74, 6) is 0.145. The zero-order valence-electron chi connectivity index (χ0n) is 17.9. The first-order valence-corrected chi connectivity index (χ1v) is 12.0. The van der Waals surface area contributed by atoms with Crippen LogP contribution in [0, 0.1) is 0 Å². The van der Waals surface area contributed by atoms with Crippen LogP contribution >= 0.6 is 11.3 Å². The second-order valence-electron chi connectivity index (χ2n) is 8.34. The number of aliphatic imine (C=N–C) groups is 1. The summed E-state index contributed by atoms with van der Waals surface area (Å²) < 4.78 is 0. The fraction of sp³-hybridized carbons (Fsp3) is 0.259. The van der Waals surface area contributed by atoms with E-state index in [4.69, 9.17) is 4.99 Å². The number of carbonyl (C=O) groups excluding carboxylic acids is 1. The number of rotatable bonds is 5. The fourth-order valence-electron chi connectivity index (χ4n) is 4.50. The lowest BCUT2D eigenvalue weighted by molar-refractivity contribution is 0.0956. The normalized spacial score (nSPS) is 15.7. The number of aryl methyl sites for hydroxylation is 1. The van der Waals surface area contributed by atoms with Gasteiger partial charge in [0, 0.05) is 23.2 Å². The van der Waals surface area contributed by atoms with E-state index in [1.165, 1.54) is 10.5 Å². The molecule has 0 fully saturated rings. The largest absolute Gasteiger partial charge is 0.507 e. The van der Waals surface area contributed by atoms with Crippen molar-refractivity contribution in [3.63, 3.8) is 0 Å². The number of nitrogens with one attached hydrogen (secondary N) is 1. The van der Waals surface area contributed by atoms with E-state index in [0.29, 0.717) is 17.7 Å².